The minimum atomic E-state index is -0.103. The van der Waals surface area contributed by atoms with Crippen LogP contribution in [0.15, 0.2) is 24.3 Å². The fourth-order valence-corrected chi connectivity index (χ4v) is 3.83. The molecule has 1 aromatic carbocycles. The van der Waals surface area contributed by atoms with E-state index < -0.39 is 0 Å². The zero-order chi connectivity index (χ0) is 17.4. The second kappa shape index (κ2) is 6.48. The number of amides is 1. The van der Waals surface area contributed by atoms with Crippen molar-refractivity contribution in [3.8, 4) is 0 Å². The van der Waals surface area contributed by atoms with Crippen LogP contribution in [0.2, 0.25) is 0 Å². The highest BCUT2D eigenvalue weighted by molar-refractivity contribution is 5.82. The van der Waals surface area contributed by atoms with Crippen LogP contribution in [0.5, 0.6) is 0 Å². The van der Waals surface area contributed by atoms with Crippen molar-refractivity contribution in [2.45, 2.75) is 37.8 Å². The smallest absolute Gasteiger partial charge is 0.239 e. The predicted octanol–water partition coefficient (Wildman–Crippen LogP) is 0.732. The molecule has 4 rings (SSSR count). The van der Waals surface area contributed by atoms with E-state index in [4.69, 9.17) is 0 Å². The molecular formula is C18H23N5O2. The summed E-state index contributed by atoms with van der Waals surface area (Å²) in [5, 5.41) is 20.5. The fourth-order valence-electron chi connectivity index (χ4n) is 3.83. The lowest BCUT2D eigenvalue weighted by Crippen LogP contribution is -2.47. The summed E-state index contributed by atoms with van der Waals surface area (Å²) in [6.45, 7) is 1.22. The van der Waals surface area contributed by atoms with Gasteiger partial charge in [-0.05, 0) is 30.9 Å². The van der Waals surface area contributed by atoms with Gasteiger partial charge in [-0.1, -0.05) is 18.2 Å². The molecule has 0 bridgehead atoms. The van der Waals surface area contributed by atoms with E-state index in [1.165, 1.54) is 11.3 Å². The number of rotatable bonds is 5. The number of hydrogen-bond acceptors (Lipinski definition) is 5. The van der Waals surface area contributed by atoms with E-state index in [1.54, 1.807) is 0 Å². The van der Waals surface area contributed by atoms with Crippen molar-refractivity contribution < 1.29 is 9.90 Å². The van der Waals surface area contributed by atoms with Crippen molar-refractivity contribution in [2.75, 3.05) is 18.0 Å². The summed E-state index contributed by atoms with van der Waals surface area (Å²) in [5.41, 5.74) is 2.50. The number of aliphatic hydroxyl groups excluding tert-OH is 1. The van der Waals surface area contributed by atoms with Crippen molar-refractivity contribution in [1.82, 2.24) is 20.1 Å². The minimum Gasteiger partial charge on any atom is -0.388 e. The molecule has 1 aliphatic carbocycles. The second-order valence-electron chi connectivity index (χ2n) is 6.92. The van der Waals surface area contributed by atoms with Crippen molar-refractivity contribution in [2.24, 2.45) is 7.05 Å². The van der Waals surface area contributed by atoms with Crippen LogP contribution in [0.4, 0.5) is 5.69 Å². The number of anilines is 1. The van der Waals surface area contributed by atoms with Crippen molar-refractivity contribution in [3.05, 3.63) is 41.5 Å². The number of benzene rings is 1. The SMILES string of the molecule is Cn1c(CO)nnc1C1CC(NC(=O)CN2CCc3ccccc32)C1. The summed E-state index contributed by atoms with van der Waals surface area (Å²) < 4.78 is 1.85. The topological polar surface area (TPSA) is 83.3 Å². The number of carbonyl (C=O) groups excluding carboxylic acids is 1. The third kappa shape index (κ3) is 3.00. The fraction of sp³-hybridized carbons (Fsp3) is 0.500. The van der Waals surface area contributed by atoms with Crippen LogP contribution in [0, 0.1) is 0 Å². The van der Waals surface area contributed by atoms with Crippen molar-refractivity contribution in [3.63, 3.8) is 0 Å². The molecule has 1 aromatic heterocycles. The molecule has 1 amide bonds. The van der Waals surface area contributed by atoms with Gasteiger partial charge in [-0.25, -0.2) is 0 Å². The molecule has 25 heavy (non-hydrogen) atoms. The maximum Gasteiger partial charge on any atom is 0.239 e. The van der Waals surface area contributed by atoms with Gasteiger partial charge in [-0.3, -0.25) is 4.79 Å². The number of fused-ring (bicyclic) bond motifs is 1. The van der Waals surface area contributed by atoms with Crippen LogP contribution in [0.1, 0.15) is 36.0 Å². The largest absolute Gasteiger partial charge is 0.388 e. The van der Waals surface area contributed by atoms with Gasteiger partial charge >= 0.3 is 0 Å². The van der Waals surface area contributed by atoms with Gasteiger partial charge < -0.3 is 19.9 Å². The van der Waals surface area contributed by atoms with Gasteiger partial charge in [0.15, 0.2) is 5.82 Å². The van der Waals surface area contributed by atoms with Crippen LogP contribution in [0.25, 0.3) is 0 Å². The summed E-state index contributed by atoms with van der Waals surface area (Å²) >= 11 is 0. The first-order chi connectivity index (χ1) is 12.2. The minimum absolute atomic E-state index is 0.0779. The quantitative estimate of drug-likeness (QED) is 0.838. The maximum absolute atomic E-state index is 12.4. The number of nitrogens with zero attached hydrogens (tertiary/aromatic N) is 4. The lowest BCUT2D eigenvalue weighted by Gasteiger charge is -2.35. The van der Waals surface area contributed by atoms with Gasteiger partial charge in [0, 0.05) is 31.2 Å². The third-order valence-corrected chi connectivity index (χ3v) is 5.33. The Morgan fingerprint density at radius 2 is 2.12 bits per heavy atom. The molecule has 7 nitrogen and oxygen atoms in total. The van der Waals surface area contributed by atoms with Gasteiger partial charge in [0.2, 0.25) is 5.91 Å². The molecule has 2 aliphatic rings. The molecule has 0 saturated heterocycles. The Morgan fingerprint density at radius 1 is 1.32 bits per heavy atom. The van der Waals surface area contributed by atoms with Gasteiger partial charge in [-0.15, -0.1) is 10.2 Å². The number of nitrogens with one attached hydrogen (secondary N) is 1. The van der Waals surface area contributed by atoms with Gasteiger partial charge in [0.1, 0.15) is 12.4 Å². The van der Waals surface area contributed by atoms with E-state index in [9.17, 15) is 9.90 Å². The van der Waals surface area contributed by atoms with E-state index in [2.05, 4.69) is 32.5 Å². The molecule has 1 aliphatic heterocycles. The maximum atomic E-state index is 12.4. The molecule has 0 unspecified atom stereocenters. The normalized spacial score (nSPS) is 21.8. The van der Waals surface area contributed by atoms with E-state index in [0.717, 1.165) is 31.6 Å². The molecule has 7 heteroatoms. The standard InChI is InChI=1S/C18H23N5O2/c1-22-16(11-24)20-21-18(22)13-8-14(9-13)19-17(25)10-23-7-6-12-4-2-3-5-15(12)23/h2-5,13-14,24H,6-11H2,1H3,(H,19,25). The molecule has 1 fully saturated rings. The molecule has 0 spiro atoms. The summed E-state index contributed by atoms with van der Waals surface area (Å²) in [7, 11) is 1.87. The first-order valence-corrected chi connectivity index (χ1v) is 8.77. The van der Waals surface area contributed by atoms with Crippen LogP contribution in [0.3, 0.4) is 0 Å². The highest BCUT2D eigenvalue weighted by Crippen LogP contribution is 2.36. The Bertz CT molecular complexity index is 782. The number of aromatic nitrogens is 3. The number of para-hydroxylation sites is 1. The number of hydrogen-bond donors (Lipinski definition) is 2. The number of aliphatic hydroxyl groups is 1. The van der Waals surface area contributed by atoms with E-state index in [-0.39, 0.29) is 18.6 Å². The molecule has 2 heterocycles. The third-order valence-electron chi connectivity index (χ3n) is 5.33. The molecular weight excluding hydrogens is 318 g/mol. The monoisotopic (exact) mass is 341 g/mol. The van der Waals surface area contributed by atoms with Gasteiger partial charge in [0.05, 0.1) is 6.54 Å². The van der Waals surface area contributed by atoms with Crippen molar-refractivity contribution in [1.29, 1.82) is 0 Å². The van der Waals surface area contributed by atoms with Crippen LogP contribution in [-0.4, -0.2) is 44.9 Å². The van der Waals surface area contributed by atoms with Crippen LogP contribution in [-0.2, 0) is 24.9 Å². The first-order valence-electron chi connectivity index (χ1n) is 8.77. The highest BCUT2D eigenvalue weighted by atomic mass is 16.3. The van der Waals surface area contributed by atoms with Gasteiger partial charge in [-0.2, -0.15) is 0 Å². The Labute approximate surface area is 146 Å². The van der Waals surface area contributed by atoms with E-state index in [0.29, 0.717) is 18.3 Å². The number of carbonyl (C=O) groups is 1. The predicted molar refractivity (Wildman–Crippen MR) is 93.2 cm³/mol. The Hall–Kier alpha value is -2.41. The Balaban J connectivity index is 1.28. The average molecular weight is 341 g/mol. The highest BCUT2D eigenvalue weighted by Gasteiger charge is 2.35. The average Bonchev–Trinajstić information content (AvgIpc) is 3.15. The lowest BCUT2D eigenvalue weighted by molar-refractivity contribution is -0.121. The molecule has 132 valence electrons. The molecule has 1 saturated carbocycles. The van der Waals surface area contributed by atoms with E-state index in [1.807, 2.05) is 23.7 Å². The Kier molecular flexibility index (Phi) is 4.17. The van der Waals surface area contributed by atoms with Crippen molar-refractivity contribution >= 4 is 11.6 Å². The van der Waals surface area contributed by atoms with Crippen LogP contribution < -0.4 is 10.2 Å². The molecule has 0 radical (unpaired) electrons. The molecule has 0 atom stereocenters. The summed E-state index contributed by atoms with van der Waals surface area (Å²) in [5.74, 6) is 1.85. The summed E-state index contributed by atoms with van der Waals surface area (Å²) in [4.78, 5) is 14.5. The first kappa shape index (κ1) is 16.1. The zero-order valence-electron chi connectivity index (χ0n) is 14.4. The molecule has 2 N–H and O–H groups in total. The van der Waals surface area contributed by atoms with Crippen LogP contribution >= 0.6 is 0 Å². The second-order valence-corrected chi connectivity index (χ2v) is 6.92. The summed E-state index contributed by atoms with van der Waals surface area (Å²) in [6.07, 6.45) is 2.76. The zero-order valence-corrected chi connectivity index (χ0v) is 14.4. The molecule has 2 aromatic rings. The summed E-state index contributed by atoms with van der Waals surface area (Å²) in [6, 6.07) is 8.48. The lowest BCUT2D eigenvalue weighted by atomic mass is 9.79. The van der Waals surface area contributed by atoms with E-state index >= 15 is 0 Å². The Morgan fingerprint density at radius 3 is 2.88 bits per heavy atom. The van der Waals surface area contributed by atoms with Gasteiger partial charge in [0.25, 0.3) is 0 Å².